The van der Waals surface area contributed by atoms with Crippen LogP contribution in [-0.4, -0.2) is 85.1 Å². The Balaban J connectivity index is 2.94. The predicted octanol–water partition coefficient (Wildman–Crippen LogP) is 2.33. The minimum Gasteiger partial charge on any atom is -0.479 e. The first kappa shape index (κ1) is 31.9. The van der Waals surface area contributed by atoms with E-state index >= 15 is 0 Å². The Morgan fingerprint density at radius 1 is 0.829 bits per heavy atom. The van der Waals surface area contributed by atoms with E-state index in [1.807, 2.05) is 0 Å². The minimum absolute atomic E-state index is 0.116. The zero-order chi connectivity index (χ0) is 26.4. The third-order valence-corrected chi connectivity index (χ3v) is 7.25. The standard InChI is InChI=1S/C26H48O9/c1-3-4-5-9-12-15-19(24-23(31)22(30)21(29)18(2)35-24)26(34,25(32)33)20(28)16-13-10-7-6-8-11-14-17-27/h18-19,21-24,27,29-31,34H,3-17H2,1-2H3,(H,32,33)/t18-,19?,21-,22+,23+,24?,26?/m0/s1. The molecule has 0 aromatic rings. The second kappa shape index (κ2) is 16.6. The summed E-state index contributed by atoms with van der Waals surface area (Å²) in [6, 6.07) is 0. The van der Waals surface area contributed by atoms with Gasteiger partial charge >= 0.3 is 5.97 Å². The van der Waals surface area contributed by atoms with E-state index in [4.69, 9.17) is 9.84 Å². The number of unbranched alkanes of at least 4 members (excludes halogenated alkanes) is 10. The highest BCUT2D eigenvalue weighted by Gasteiger charge is 2.57. The lowest BCUT2D eigenvalue weighted by molar-refractivity contribution is -0.246. The lowest BCUT2D eigenvalue weighted by Crippen LogP contribution is -2.65. The molecular weight excluding hydrogens is 456 g/mol. The molecule has 0 aliphatic carbocycles. The Morgan fingerprint density at radius 2 is 1.37 bits per heavy atom. The Bertz CT molecular complexity index is 614. The topological polar surface area (TPSA) is 165 Å². The van der Waals surface area contributed by atoms with E-state index in [-0.39, 0.29) is 19.4 Å². The second-order valence-electron chi connectivity index (χ2n) is 10.0. The number of aliphatic hydroxyl groups is 5. The van der Waals surface area contributed by atoms with Gasteiger partial charge in [0.25, 0.3) is 0 Å². The fraction of sp³-hybridized carbons (Fsp3) is 0.923. The van der Waals surface area contributed by atoms with Crippen LogP contribution in [0, 0.1) is 5.92 Å². The summed E-state index contributed by atoms with van der Waals surface area (Å²) < 4.78 is 5.70. The fourth-order valence-electron chi connectivity index (χ4n) is 4.95. The number of aliphatic hydroxyl groups excluding tert-OH is 4. The van der Waals surface area contributed by atoms with Crippen molar-refractivity contribution in [1.29, 1.82) is 0 Å². The lowest BCUT2D eigenvalue weighted by Gasteiger charge is -2.45. The van der Waals surface area contributed by atoms with Crippen molar-refractivity contribution < 1.29 is 45.0 Å². The van der Waals surface area contributed by atoms with Crippen LogP contribution >= 0.6 is 0 Å². The molecule has 1 saturated heterocycles. The monoisotopic (exact) mass is 504 g/mol. The van der Waals surface area contributed by atoms with Crippen molar-refractivity contribution in [2.75, 3.05) is 6.61 Å². The SMILES string of the molecule is CCCCCCCC(C1O[C@@H](C)[C@H](O)[C@@H](O)[C@H]1O)C(O)(C(=O)O)C(=O)CCCCCCCCCO. The van der Waals surface area contributed by atoms with Crippen LogP contribution < -0.4 is 0 Å². The van der Waals surface area contributed by atoms with E-state index in [1.165, 1.54) is 6.92 Å². The Labute approximate surface area is 209 Å². The zero-order valence-corrected chi connectivity index (χ0v) is 21.5. The van der Waals surface area contributed by atoms with Crippen molar-refractivity contribution in [3.63, 3.8) is 0 Å². The molecule has 35 heavy (non-hydrogen) atoms. The fourth-order valence-corrected chi connectivity index (χ4v) is 4.95. The highest BCUT2D eigenvalue weighted by Crippen LogP contribution is 2.37. The minimum atomic E-state index is -2.76. The van der Waals surface area contributed by atoms with E-state index < -0.39 is 53.8 Å². The van der Waals surface area contributed by atoms with E-state index in [0.29, 0.717) is 19.3 Å². The molecule has 0 aromatic heterocycles. The number of carboxylic acid groups (broad SMARTS) is 1. The summed E-state index contributed by atoms with van der Waals surface area (Å²) in [6.07, 6.45) is 3.14. The van der Waals surface area contributed by atoms with Crippen molar-refractivity contribution >= 4 is 11.8 Å². The molecule has 7 atom stereocenters. The number of carboxylic acids is 1. The van der Waals surface area contributed by atoms with Crippen LogP contribution in [0.25, 0.3) is 0 Å². The van der Waals surface area contributed by atoms with Crippen molar-refractivity contribution in [3.8, 4) is 0 Å². The number of aliphatic carboxylic acids is 1. The largest absolute Gasteiger partial charge is 0.479 e. The maximum atomic E-state index is 13.1. The zero-order valence-electron chi connectivity index (χ0n) is 21.5. The molecule has 0 aromatic carbocycles. The number of hydrogen-bond acceptors (Lipinski definition) is 8. The third kappa shape index (κ3) is 9.37. The van der Waals surface area contributed by atoms with Gasteiger partial charge in [0.05, 0.1) is 12.2 Å². The van der Waals surface area contributed by atoms with Crippen LogP contribution in [0.3, 0.4) is 0 Å². The highest BCUT2D eigenvalue weighted by atomic mass is 16.5. The number of rotatable bonds is 19. The molecule has 0 saturated carbocycles. The molecule has 9 nitrogen and oxygen atoms in total. The Hall–Kier alpha value is -1.10. The van der Waals surface area contributed by atoms with Gasteiger partial charge in [0.1, 0.15) is 18.3 Å². The number of Topliss-reactive ketones (excluding diaryl/α,β-unsaturated/α-hetero) is 1. The molecule has 0 amide bonds. The number of carbonyl (C=O) groups is 2. The van der Waals surface area contributed by atoms with Crippen LogP contribution in [0.2, 0.25) is 0 Å². The molecule has 0 radical (unpaired) electrons. The van der Waals surface area contributed by atoms with Gasteiger partial charge in [-0.2, -0.15) is 0 Å². The summed E-state index contributed by atoms with van der Waals surface area (Å²) in [5.74, 6) is -3.78. The summed E-state index contributed by atoms with van der Waals surface area (Å²) in [5, 5.41) is 61.1. The molecule has 1 heterocycles. The molecule has 206 valence electrons. The van der Waals surface area contributed by atoms with E-state index in [0.717, 1.165) is 57.8 Å². The first-order chi connectivity index (χ1) is 16.6. The van der Waals surface area contributed by atoms with Gasteiger partial charge in [-0.1, -0.05) is 71.1 Å². The van der Waals surface area contributed by atoms with Gasteiger partial charge in [0.15, 0.2) is 5.78 Å². The van der Waals surface area contributed by atoms with Crippen LogP contribution in [-0.2, 0) is 14.3 Å². The Morgan fingerprint density at radius 3 is 1.94 bits per heavy atom. The van der Waals surface area contributed by atoms with Crippen molar-refractivity contribution in [3.05, 3.63) is 0 Å². The third-order valence-electron chi connectivity index (χ3n) is 7.25. The molecule has 9 heteroatoms. The van der Waals surface area contributed by atoms with Crippen LogP contribution in [0.1, 0.15) is 104 Å². The number of carbonyl (C=O) groups excluding carboxylic acids is 1. The van der Waals surface area contributed by atoms with Crippen molar-refractivity contribution in [1.82, 2.24) is 0 Å². The molecule has 6 N–H and O–H groups in total. The average molecular weight is 505 g/mol. The van der Waals surface area contributed by atoms with Gasteiger partial charge in [-0.15, -0.1) is 0 Å². The first-order valence-corrected chi connectivity index (χ1v) is 13.4. The molecule has 0 spiro atoms. The number of hydrogen-bond donors (Lipinski definition) is 6. The molecule has 0 bridgehead atoms. The lowest BCUT2D eigenvalue weighted by atomic mass is 9.72. The number of ketones is 1. The van der Waals surface area contributed by atoms with Gasteiger partial charge in [-0.05, 0) is 26.2 Å². The van der Waals surface area contributed by atoms with Crippen LogP contribution in [0.15, 0.2) is 0 Å². The quantitative estimate of drug-likeness (QED) is 0.114. The normalized spacial score (nSPS) is 27.3. The van der Waals surface area contributed by atoms with Gasteiger partial charge in [0, 0.05) is 18.9 Å². The molecule has 1 rings (SSSR count). The van der Waals surface area contributed by atoms with Crippen LogP contribution in [0.5, 0.6) is 0 Å². The molecular formula is C26H48O9. The van der Waals surface area contributed by atoms with E-state index in [1.54, 1.807) is 0 Å². The van der Waals surface area contributed by atoms with E-state index in [9.17, 15) is 35.1 Å². The average Bonchev–Trinajstić information content (AvgIpc) is 2.83. The molecule has 1 fully saturated rings. The molecule has 1 aliphatic rings. The van der Waals surface area contributed by atoms with Crippen LogP contribution in [0.4, 0.5) is 0 Å². The van der Waals surface area contributed by atoms with Crippen molar-refractivity contribution in [2.45, 2.75) is 140 Å². The van der Waals surface area contributed by atoms with E-state index in [2.05, 4.69) is 6.92 Å². The van der Waals surface area contributed by atoms with Gasteiger partial charge < -0.3 is 35.4 Å². The Kier molecular flexibility index (Phi) is 15.1. The van der Waals surface area contributed by atoms with Gasteiger partial charge in [0.2, 0.25) is 5.60 Å². The summed E-state index contributed by atoms with van der Waals surface area (Å²) in [7, 11) is 0. The summed E-state index contributed by atoms with van der Waals surface area (Å²) >= 11 is 0. The number of ether oxygens (including phenoxy) is 1. The molecule has 3 unspecified atom stereocenters. The maximum absolute atomic E-state index is 13.1. The summed E-state index contributed by atoms with van der Waals surface area (Å²) in [4.78, 5) is 25.4. The van der Waals surface area contributed by atoms with Gasteiger partial charge in [-0.25, -0.2) is 4.79 Å². The summed E-state index contributed by atoms with van der Waals surface area (Å²) in [6.45, 7) is 3.74. The smallest absolute Gasteiger partial charge is 0.343 e. The first-order valence-electron chi connectivity index (χ1n) is 13.4. The van der Waals surface area contributed by atoms with Crippen molar-refractivity contribution in [2.24, 2.45) is 5.92 Å². The predicted molar refractivity (Wildman–Crippen MR) is 131 cm³/mol. The highest BCUT2D eigenvalue weighted by molar-refractivity contribution is 6.06. The maximum Gasteiger partial charge on any atom is 0.343 e. The van der Waals surface area contributed by atoms with Gasteiger partial charge in [-0.3, -0.25) is 4.79 Å². The molecule has 1 aliphatic heterocycles. The summed E-state index contributed by atoms with van der Waals surface area (Å²) in [5.41, 5.74) is -2.76. The second-order valence-corrected chi connectivity index (χ2v) is 10.0.